The number of nitrogens with zero attached hydrogens (tertiary/aromatic N) is 2. The number of hydrogen-bond donors (Lipinski definition) is 2. The maximum absolute atomic E-state index is 14.4. The molecule has 49 heavy (non-hydrogen) atoms. The molecule has 0 radical (unpaired) electrons. The quantitative estimate of drug-likeness (QED) is 0.342. The molecule has 0 bridgehead atoms. The lowest BCUT2D eigenvalue weighted by Gasteiger charge is -2.31. The molecule has 1 saturated heterocycles. The number of ether oxygens (including phenoxy) is 1. The van der Waals surface area contributed by atoms with Gasteiger partial charge in [0.2, 0.25) is 21.8 Å². The van der Waals surface area contributed by atoms with Crippen LogP contribution in [0.3, 0.4) is 0 Å². The number of fused-ring (bicyclic) bond motifs is 1. The van der Waals surface area contributed by atoms with Gasteiger partial charge in [-0.25, -0.2) is 22.0 Å². The molecule has 262 valence electrons. The Hall–Kier alpha value is -4.33. The SMILES string of the molecule is C=C[C@@H]1C[C@]1(NC(=O)[C@@H]1C[C@@H](OC(=O)N2Cc3cccc(F)c3C2)CN1C(=O)[C@@H](Cc1ccc(F)cc1)C(C)C)C(=O)NS(=O)(=O)C1CC1. The van der Waals surface area contributed by atoms with Gasteiger partial charge in [-0.15, -0.1) is 6.58 Å². The van der Waals surface area contributed by atoms with E-state index in [1.165, 1.54) is 34.1 Å². The van der Waals surface area contributed by atoms with E-state index in [-0.39, 0.29) is 50.7 Å². The first-order valence-corrected chi connectivity index (χ1v) is 18.0. The van der Waals surface area contributed by atoms with Crippen molar-refractivity contribution >= 4 is 33.8 Å². The lowest BCUT2D eigenvalue weighted by atomic mass is 9.87. The number of nitrogens with one attached hydrogen (secondary N) is 2. The van der Waals surface area contributed by atoms with Gasteiger partial charge >= 0.3 is 6.09 Å². The molecule has 2 N–H and O–H groups in total. The summed E-state index contributed by atoms with van der Waals surface area (Å²) >= 11 is 0. The van der Waals surface area contributed by atoms with Crippen molar-refractivity contribution in [2.24, 2.45) is 17.8 Å². The van der Waals surface area contributed by atoms with Crippen molar-refractivity contribution in [3.63, 3.8) is 0 Å². The average Bonchev–Trinajstić information content (AvgIpc) is 3.94. The van der Waals surface area contributed by atoms with Crippen molar-refractivity contribution in [3.8, 4) is 0 Å². The van der Waals surface area contributed by atoms with E-state index >= 15 is 0 Å². The van der Waals surface area contributed by atoms with E-state index in [4.69, 9.17) is 4.74 Å². The number of sulfonamides is 1. The Morgan fingerprint density at radius 1 is 1.08 bits per heavy atom. The second kappa shape index (κ2) is 13.2. The van der Waals surface area contributed by atoms with E-state index in [1.807, 2.05) is 13.8 Å². The van der Waals surface area contributed by atoms with Crippen LogP contribution < -0.4 is 10.0 Å². The van der Waals surface area contributed by atoms with Crippen LogP contribution >= 0.6 is 0 Å². The van der Waals surface area contributed by atoms with Gasteiger partial charge in [0.1, 0.15) is 29.3 Å². The molecular weight excluding hydrogens is 658 g/mol. The smallest absolute Gasteiger partial charge is 0.410 e. The first-order chi connectivity index (χ1) is 23.2. The maximum Gasteiger partial charge on any atom is 0.410 e. The molecule has 4 amide bonds. The van der Waals surface area contributed by atoms with E-state index in [9.17, 15) is 36.4 Å². The highest BCUT2D eigenvalue weighted by atomic mass is 32.2. The van der Waals surface area contributed by atoms with Gasteiger partial charge in [-0.05, 0) is 60.9 Å². The number of hydrogen-bond acceptors (Lipinski definition) is 7. The first-order valence-electron chi connectivity index (χ1n) is 16.5. The van der Waals surface area contributed by atoms with Crippen LogP contribution in [0.1, 0.15) is 56.2 Å². The van der Waals surface area contributed by atoms with Gasteiger partial charge < -0.3 is 15.0 Å². The fourth-order valence-electron chi connectivity index (χ4n) is 6.82. The normalized spacial score (nSPS) is 25.0. The van der Waals surface area contributed by atoms with Crippen molar-refractivity contribution in [1.82, 2.24) is 19.8 Å². The Morgan fingerprint density at radius 3 is 2.41 bits per heavy atom. The van der Waals surface area contributed by atoms with Crippen LogP contribution in [0.4, 0.5) is 13.6 Å². The lowest BCUT2D eigenvalue weighted by Crippen LogP contribution is -2.57. The van der Waals surface area contributed by atoms with E-state index in [0.717, 1.165) is 5.56 Å². The average molecular weight is 699 g/mol. The summed E-state index contributed by atoms with van der Waals surface area (Å²) in [5.41, 5.74) is 0.207. The van der Waals surface area contributed by atoms with E-state index in [2.05, 4.69) is 16.6 Å². The van der Waals surface area contributed by atoms with Gasteiger partial charge in [-0.1, -0.05) is 44.2 Å². The highest BCUT2D eigenvalue weighted by Crippen LogP contribution is 2.45. The van der Waals surface area contributed by atoms with E-state index < -0.39 is 74.3 Å². The zero-order valence-corrected chi connectivity index (χ0v) is 28.2. The second-order valence-electron chi connectivity index (χ2n) is 13.8. The molecule has 2 aliphatic carbocycles. The third kappa shape index (κ3) is 7.06. The maximum atomic E-state index is 14.4. The minimum Gasteiger partial charge on any atom is -0.444 e. The van der Waals surface area contributed by atoms with Crippen molar-refractivity contribution in [2.45, 2.75) is 82.0 Å². The molecule has 5 atom stereocenters. The monoisotopic (exact) mass is 698 g/mol. The van der Waals surface area contributed by atoms with E-state index in [1.54, 1.807) is 24.3 Å². The summed E-state index contributed by atoms with van der Waals surface area (Å²) in [5.74, 6) is -4.16. The van der Waals surface area contributed by atoms with Gasteiger partial charge in [0.15, 0.2) is 0 Å². The molecular formula is C35H40F2N4O7S. The molecule has 6 rings (SSSR count). The molecule has 14 heteroatoms. The predicted molar refractivity (Wildman–Crippen MR) is 174 cm³/mol. The van der Waals surface area contributed by atoms with Crippen molar-refractivity contribution in [2.75, 3.05) is 6.54 Å². The number of amides is 4. The lowest BCUT2D eigenvalue weighted by molar-refractivity contribution is -0.143. The molecule has 2 aliphatic heterocycles. The molecule has 11 nitrogen and oxygen atoms in total. The molecule has 0 spiro atoms. The van der Waals surface area contributed by atoms with Crippen LogP contribution in [-0.2, 0) is 48.7 Å². The molecule has 3 fully saturated rings. The van der Waals surface area contributed by atoms with Gasteiger partial charge in [-0.2, -0.15) is 0 Å². The number of carbonyl (C=O) groups is 4. The Balaban J connectivity index is 1.22. The minimum absolute atomic E-state index is 0.0115. The molecule has 2 aromatic rings. The number of halogens is 2. The van der Waals surface area contributed by atoms with Crippen LogP contribution in [0.2, 0.25) is 0 Å². The van der Waals surface area contributed by atoms with Crippen molar-refractivity contribution in [1.29, 1.82) is 0 Å². The number of likely N-dealkylation sites (tertiary alicyclic amines) is 1. The minimum atomic E-state index is -3.91. The second-order valence-corrected chi connectivity index (χ2v) is 15.8. The summed E-state index contributed by atoms with van der Waals surface area (Å²) in [6.45, 7) is 7.48. The predicted octanol–water partition coefficient (Wildman–Crippen LogP) is 3.57. The first kappa shape index (κ1) is 34.5. The van der Waals surface area contributed by atoms with Crippen LogP contribution in [-0.4, -0.2) is 71.5 Å². The number of rotatable bonds is 11. The summed E-state index contributed by atoms with van der Waals surface area (Å²) in [7, 11) is -3.91. The topological polar surface area (TPSA) is 142 Å². The van der Waals surface area contributed by atoms with Crippen molar-refractivity contribution < 1.29 is 41.1 Å². The number of benzene rings is 2. The third-order valence-corrected chi connectivity index (χ3v) is 11.9. The van der Waals surface area contributed by atoms with Crippen LogP contribution in [0.5, 0.6) is 0 Å². The zero-order valence-electron chi connectivity index (χ0n) is 27.4. The van der Waals surface area contributed by atoms with Crippen molar-refractivity contribution in [3.05, 3.63) is 83.4 Å². The van der Waals surface area contributed by atoms with Gasteiger partial charge in [-0.3, -0.25) is 24.0 Å². The summed E-state index contributed by atoms with van der Waals surface area (Å²) in [5, 5.41) is 2.08. The van der Waals surface area contributed by atoms with Crippen LogP contribution in [0, 0.1) is 29.4 Å². The van der Waals surface area contributed by atoms with Crippen LogP contribution in [0.15, 0.2) is 55.1 Å². The Morgan fingerprint density at radius 2 is 1.80 bits per heavy atom. The van der Waals surface area contributed by atoms with Gasteiger partial charge in [0.05, 0.1) is 18.3 Å². The Kier molecular flexibility index (Phi) is 9.29. The van der Waals surface area contributed by atoms with Crippen LogP contribution in [0.25, 0.3) is 0 Å². The van der Waals surface area contributed by atoms with Gasteiger partial charge in [0.25, 0.3) is 5.91 Å². The summed E-state index contributed by atoms with van der Waals surface area (Å²) in [6, 6.07) is 9.24. The third-order valence-electron chi connectivity index (χ3n) is 10.0. The van der Waals surface area contributed by atoms with E-state index in [0.29, 0.717) is 24.0 Å². The largest absolute Gasteiger partial charge is 0.444 e. The summed E-state index contributed by atoms with van der Waals surface area (Å²) in [4.78, 5) is 57.6. The molecule has 0 unspecified atom stereocenters. The summed E-state index contributed by atoms with van der Waals surface area (Å²) in [6.07, 6.45) is 1.02. The fraction of sp³-hybridized carbons (Fsp3) is 0.486. The zero-order chi connectivity index (χ0) is 35.2. The standard InChI is InChI=1S/C35H40F2N4O7S/c1-4-23-16-35(23,33(44)39-49(46,47)26-12-13-26)38-31(42)30-15-25(48-34(45)40-17-22-6-5-7-29(37)28(22)19-40)18-41(30)32(43)27(20(2)3)14-21-8-10-24(36)11-9-21/h4-11,20,23,25-27,30H,1,12-19H2,2-3H3,(H,38,42)(H,39,44)/t23-,25-,27+,30+,35-/m1/s1. The molecule has 2 aromatic carbocycles. The molecule has 4 aliphatic rings. The molecule has 2 heterocycles. The fourth-order valence-corrected chi connectivity index (χ4v) is 8.18. The highest BCUT2D eigenvalue weighted by molar-refractivity contribution is 7.91. The highest BCUT2D eigenvalue weighted by Gasteiger charge is 2.62. The Labute approximate surface area is 284 Å². The Bertz CT molecular complexity index is 1780. The number of carbonyl (C=O) groups excluding carboxylic acids is 4. The molecule has 0 aromatic heterocycles. The van der Waals surface area contributed by atoms with Gasteiger partial charge in [0, 0.05) is 30.4 Å². The summed E-state index contributed by atoms with van der Waals surface area (Å²) < 4.78 is 61.1. The molecule has 2 saturated carbocycles.